The van der Waals surface area contributed by atoms with E-state index >= 15 is 0 Å². The molecule has 10 heteroatoms. The first-order valence-corrected chi connectivity index (χ1v) is 7.78. The van der Waals surface area contributed by atoms with Gasteiger partial charge in [0, 0.05) is 5.69 Å². The first-order chi connectivity index (χ1) is 13.0. The molecule has 0 amide bonds. The topological polar surface area (TPSA) is 16.8 Å². The number of nitrogens with zero attached hydrogens (tertiary/aromatic N) is 2. The number of hydrogen-bond acceptors (Lipinski definition) is 2. The van der Waals surface area contributed by atoms with Crippen LogP contribution in [0.1, 0.15) is 5.56 Å². The highest BCUT2D eigenvalue weighted by atomic mass is 19.4. The van der Waals surface area contributed by atoms with Crippen molar-refractivity contribution in [2.45, 2.75) is 12.4 Å². The summed E-state index contributed by atoms with van der Waals surface area (Å²) < 4.78 is 96.7. The average Bonchev–Trinajstić information content (AvgIpc) is 2.60. The molecule has 0 unspecified atom stereocenters. The highest BCUT2D eigenvalue weighted by Gasteiger charge is 2.38. The van der Waals surface area contributed by atoms with E-state index in [2.05, 4.69) is 4.85 Å². The van der Waals surface area contributed by atoms with Crippen molar-refractivity contribution in [3.63, 3.8) is 0 Å². The first kappa shape index (κ1) is 21.3. The molecular weight excluding hydrogens is 393 g/mol. The van der Waals surface area contributed by atoms with Gasteiger partial charge in [-0.1, -0.05) is 6.07 Å². The summed E-state index contributed by atoms with van der Waals surface area (Å²) in [6.07, 6.45) is -9.71. The van der Waals surface area contributed by atoms with Crippen LogP contribution in [0.3, 0.4) is 0 Å². The summed E-state index contributed by atoms with van der Waals surface area (Å²) >= 11 is 0. The Morgan fingerprint density at radius 3 is 2.14 bits per heavy atom. The third-order valence-corrected chi connectivity index (χ3v) is 3.57. The molecule has 0 heterocycles. The van der Waals surface area contributed by atoms with Crippen molar-refractivity contribution < 1.29 is 35.5 Å². The lowest BCUT2D eigenvalue weighted by Gasteiger charge is -2.29. The normalized spacial score (nSPS) is 11.8. The molecule has 0 fully saturated rings. The standard InChI is InChI=1S/C18H13F7N2O/c1-26-13-4-7-16(15(10-13)18(23,24)25)27(11-17(20,21)22)8-9-28-14-5-2-12(19)3-6-14/h2-7,10H,8-9,11H2. The zero-order valence-electron chi connectivity index (χ0n) is 14.1. The molecule has 2 aromatic carbocycles. The summed E-state index contributed by atoms with van der Waals surface area (Å²) in [6.45, 7) is 4.28. The lowest BCUT2D eigenvalue weighted by molar-refractivity contribution is -0.138. The van der Waals surface area contributed by atoms with E-state index in [1.807, 2.05) is 0 Å². The fraction of sp³-hybridized carbons (Fsp3) is 0.278. The summed E-state index contributed by atoms with van der Waals surface area (Å²) in [5, 5.41) is 0. The van der Waals surface area contributed by atoms with Gasteiger partial charge in [0.05, 0.1) is 18.7 Å². The second kappa shape index (κ2) is 8.37. The van der Waals surface area contributed by atoms with Crippen molar-refractivity contribution in [3.05, 3.63) is 65.3 Å². The first-order valence-electron chi connectivity index (χ1n) is 7.78. The number of anilines is 1. The van der Waals surface area contributed by atoms with Crippen molar-refractivity contribution >= 4 is 11.4 Å². The van der Waals surface area contributed by atoms with Gasteiger partial charge in [0.15, 0.2) is 5.69 Å². The molecule has 0 saturated carbocycles. The molecule has 0 N–H and O–H groups in total. The Morgan fingerprint density at radius 2 is 1.61 bits per heavy atom. The molecule has 3 nitrogen and oxygen atoms in total. The zero-order chi connectivity index (χ0) is 20.9. The van der Waals surface area contributed by atoms with Gasteiger partial charge in [-0.25, -0.2) is 9.24 Å². The average molecular weight is 406 g/mol. The molecule has 0 radical (unpaired) electrons. The van der Waals surface area contributed by atoms with E-state index in [1.165, 1.54) is 12.1 Å². The molecule has 0 aliphatic carbocycles. The van der Waals surface area contributed by atoms with Gasteiger partial charge in [0.25, 0.3) is 0 Å². The maximum atomic E-state index is 13.3. The molecule has 0 aromatic heterocycles. The van der Waals surface area contributed by atoms with Gasteiger partial charge in [-0.2, -0.15) is 26.3 Å². The van der Waals surface area contributed by atoms with Crippen LogP contribution in [0.5, 0.6) is 5.75 Å². The van der Waals surface area contributed by atoms with Crippen LogP contribution < -0.4 is 9.64 Å². The third-order valence-electron chi connectivity index (χ3n) is 3.57. The second-order valence-electron chi connectivity index (χ2n) is 5.65. The van der Waals surface area contributed by atoms with E-state index in [0.717, 1.165) is 24.3 Å². The van der Waals surface area contributed by atoms with E-state index in [9.17, 15) is 30.7 Å². The van der Waals surface area contributed by atoms with E-state index in [4.69, 9.17) is 11.3 Å². The summed E-state index contributed by atoms with van der Waals surface area (Å²) in [5.41, 5.74) is -2.39. The predicted octanol–water partition coefficient (Wildman–Crippen LogP) is 5.84. The summed E-state index contributed by atoms with van der Waals surface area (Å²) in [7, 11) is 0. The fourth-order valence-electron chi connectivity index (χ4n) is 2.40. The fourth-order valence-corrected chi connectivity index (χ4v) is 2.40. The predicted molar refractivity (Wildman–Crippen MR) is 87.9 cm³/mol. The number of rotatable bonds is 6. The summed E-state index contributed by atoms with van der Waals surface area (Å²) in [5.74, 6) is -0.381. The minimum absolute atomic E-state index is 0.160. The van der Waals surface area contributed by atoms with Crippen LogP contribution >= 0.6 is 0 Å². The van der Waals surface area contributed by atoms with E-state index in [-0.39, 0.29) is 18.0 Å². The van der Waals surface area contributed by atoms with Crippen molar-refractivity contribution in [2.75, 3.05) is 24.6 Å². The monoisotopic (exact) mass is 406 g/mol. The van der Waals surface area contributed by atoms with Crippen molar-refractivity contribution in [3.8, 4) is 5.75 Å². The molecule has 0 aliphatic heterocycles. The molecule has 2 rings (SSSR count). The highest BCUT2D eigenvalue weighted by molar-refractivity contribution is 5.62. The molecule has 0 atom stereocenters. The Morgan fingerprint density at radius 1 is 0.964 bits per heavy atom. The van der Waals surface area contributed by atoms with Crippen LogP contribution in [0.25, 0.3) is 4.85 Å². The maximum Gasteiger partial charge on any atom is 0.417 e. The van der Waals surface area contributed by atoms with Crippen LogP contribution in [-0.4, -0.2) is 25.9 Å². The van der Waals surface area contributed by atoms with Gasteiger partial charge in [0.1, 0.15) is 24.7 Å². The number of benzene rings is 2. The smallest absolute Gasteiger partial charge is 0.417 e. The van der Waals surface area contributed by atoms with E-state index in [0.29, 0.717) is 11.0 Å². The lowest BCUT2D eigenvalue weighted by atomic mass is 10.1. The van der Waals surface area contributed by atoms with Crippen molar-refractivity contribution in [2.24, 2.45) is 0 Å². The third kappa shape index (κ3) is 6.04. The molecular formula is C18H13F7N2O. The lowest BCUT2D eigenvalue weighted by Crippen LogP contribution is -2.38. The number of hydrogen-bond donors (Lipinski definition) is 0. The van der Waals surface area contributed by atoms with Gasteiger partial charge >= 0.3 is 12.4 Å². The Balaban J connectivity index is 2.27. The molecule has 2 aromatic rings. The summed E-state index contributed by atoms with van der Waals surface area (Å²) in [6, 6.07) is 7.00. The minimum Gasteiger partial charge on any atom is -0.492 e. The van der Waals surface area contributed by atoms with Crippen LogP contribution in [-0.2, 0) is 6.18 Å². The minimum atomic E-state index is -4.95. The summed E-state index contributed by atoms with van der Waals surface area (Å²) in [4.78, 5) is 3.37. The molecule has 28 heavy (non-hydrogen) atoms. The van der Waals surface area contributed by atoms with Crippen LogP contribution in [0.4, 0.5) is 42.1 Å². The molecule has 0 aliphatic rings. The van der Waals surface area contributed by atoms with Crippen molar-refractivity contribution in [1.82, 2.24) is 0 Å². The van der Waals surface area contributed by atoms with Crippen LogP contribution in [0.15, 0.2) is 42.5 Å². The molecule has 0 saturated heterocycles. The van der Waals surface area contributed by atoms with Crippen molar-refractivity contribution in [1.29, 1.82) is 0 Å². The molecule has 0 bridgehead atoms. The SMILES string of the molecule is [C-]#[N+]c1ccc(N(CCOc2ccc(F)cc2)CC(F)(F)F)c(C(F)(F)F)c1. The maximum absolute atomic E-state index is 13.3. The van der Waals surface area contributed by atoms with Gasteiger partial charge < -0.3 is 9.64 Å². The van der Waals surface area contributed by atoms with Gasteiger partial charge in [-0.15, -0.1) is 0 Å². The molecule has 0 spiro atoms. The quantitative estimate of drug-likeness (QED) is 0.443. The van der Waals surface area contributed by atoms with Crippen LogP contribution in [0, 0.1) is 12.4 Å². The number of ether oxygens (including phenoxy) is 1. The Hall–Kier alpha value is -2.96. The number of alkyl halides is 6. The Kier molecular flexibility index (Phi) is 6.38. The van der Waals surface area contributed by atoms with Gasteiger partial charge in [0.2, 0.25) is 0 Å². The highest BCUT2D eigenvalue weighted by Crippen LogP contribution is 2.39. The van der Waals surface area contributed by atoms with Gasteiger partial charge in [-0.05, 0) is 36.4 Å². The molecule has 150 valence electrons. The van der Waals surface area contributed by atoms with E-state index in [1.54, 1.807) is 0 Å². The Bertz CT molecular complexity index is 839. The number of halogens is 7. The van der Waals surface area contributed by atoms with E-state index < -0.39 is 42.5 Å². The second-order valence-corrected chi connectivity index (χ2v) is 5.65. The van der Waals surface area contributed by atoms with Crippen LogP contribution in [0.2, 0.25) is 0 Å². The van der Waals surface area contributed by atoms with Gasteiger partial charge in [-0.3, -0.25) is 0 Å². The largest absolute Gasteiger partial charge is 0.492 e. The Labute approximate surface area is 155 Å². The zero-order valence-corrected chi connectivity index (χ0v) is 14.1.